The van der Waals surface area contributed by atoms with Crippen LogP contribution in [-0.2, 0) is 4.79 Å². The maximum Gasteiger partial charge on any atom is 0.237 e. The maximum atomic E-state index is 12.0. The molecule has 0 spiro atoms. The van der Waals surface area contributed by atoms with Crippen LogP contribution in [-0.4, -0.2) is 43.5 Å². The number of carbonyl (C=O) groups excluding carboxylic acids is 1. The van der Waals surface area contributed by atoms with Crippen molar-refractivity contribution in [3.63, 3.8) is 0 Å². The summed E-state index contributed by atoms with van der Waals surface area (Å²) in [6, 6.07) is -0.438. The minimum Gasteiger partial charge on any atom is -0.354 e. The van der Waals surface area contributed by atoms with Crippen molar-refractivity contribution in [1.82, 2.24) is 10.2 Å². The molecular weight excluding hydrogens is 226 g/mol. The van der Waals surface area contributed by atoms with E-state index >= 15 is 0 Å². The molecule has 0 aromatic heterocycles. The summed E-state index contributed by atoms with van der Waals surface area (Å²) in [7, 11) is 2.15. The Morgan fingerprint density at radius 1 is 1.39 bits per heavy atom. The second-order valence-electron chi connectivity index (χ2n) is 7.18. The molecule has 1 heterocycles. The van der Waals surface area contributed by atoms with Gasteiger partial charge in [-0.05, 0) is 43.8 Å². The number of piperidine rings is 1. The first-order valence-corrected chi connectivity index (χ1v) is 6.86. The van der Waals surface area contributed by atoms with Crippen LogP contribution < -0.4 is 11.1 Å². The Balaban J connectivity index is 2.43. The van der Waals surface area contributed by atoms with Crippen LogP contribution in [0.2, 0.25) is 0 Å². The highest BCUT2D eigenvalue weighted by Crippen LogP contribution is 2.29. The van der Waals surface area contributed by atoms with Crippen molar-refractivity contribution in [2.24, 2.45) is 16.6 Å². The van der Waals surface area contributed by atoms with Gasteiger partial charge in [0, 0.05) is 6.54 Å². The molecule has 0 aromatic carbocycles. The van der Waals surface area contributed by atoms with Crippen molar-refractivity contribution < 1.29 is 4.79 Å². The van der Waals surface area contributed by atoms with E-state index in [1.165, 1.54) is 0 Å². The first-order valence-electron chi connectivity index (χ1n) is 6.86. The van der Waals surface area contributed by atoms with Crippen LogP contribution in [0.25, 0.3) is 0 Å². The summed E-state index contributed by atoms with van der Waals surface area (Å²) in [5.41, 5.74) is 5.99. The van der Waals surface area contributed by atoms with Crippen molar-refractivity contribution in [3.05, 3.63) is 0 Å². The van der Waals surface area contributed by atoms with Gasteiger partial charge in [-0.1, -0.05) is 27.7 Å². The number of likely N-dealkylation sites (tertiary alicyclic amines) is 1. The summed E-state index contributed by atoms with van der Waals surface area (Å²) in [5, 5.41) is 3.03. The molecule has 1 amide bonds. The highest BCUT2D eigenvalue weighted by molar-refractivity contribution is 5.82. The van der Waals surface area contributed by atoms with E-state index in [-0.39, 0.29) is 16.7 Å². The fourth-order valence-electron chi connectivity index (χ4n) is 2.14. The van der Waals surface area contributed by atoms with Gasteiger partial charge in [0.25, 0.3) is 0 Å². The Bertz CT molecular complexity index is 288. The van der Waals surface area contributed by atoms with E-state index in [4.69, 9.17) is 5.73 Å². The van der Waals surface area contributed by atoms with Crippen molar-refractivity contribution >= 4 is 5.91 Å². The SMILES string of the molecule is CN1CCC(C)(CNC(=O)[C@H](N)C(C)(C)C)CC1. The summed E-state index contributed by atoms with van der Waals surface area (Å²) in [6.07, 6.45) is 2.27. The van der Waals surface area contributed by atoms with Crippen LogP contribution in [0, 0.1) is 10.8 Å². The molecule has 0 saturated carbocycles. The summed E-state index contributed by atoms with van der Waals surface area (Å²) < 4.78 is 0. The van der Waals surface area contributed by atoms with Gasteiger partial charge in [0.05, 0.1) is 6.04 Å². The molecule has 0 aromatic rings. The molecule has 0 bridgehead atoms. The molecule has 3 N–H and O–H groups in total. The van der Waals surface area contributed by atoms with E-state index in [9.17, 15) is 4.79 Å². The van der Waals surface area contributed by atoms with Crippen molar-refractivity contribution in [3.8, 4) is 0 Å². The van der Waals surface area contributed by atoms with E-state index in [1.54, 1.807) is 0 Å². The molecule has 1 rings (SSSR count). The van der Waals surface area contributed by atoms with E-state index < -0.39 is 6.04 Å². The lowest BCUT2D eigenvalue weighted by molar-refractivity contribution is -0.125. The smallest absolute Gasteiger partial charge is 0.237 e. The first-order chi connectivity index (χ1) is 8.14. The molecule has 0 aliphatic carbocycles. The molecule has 4 nitrogen and oxygen atoms in total. The fraction of sp³-hybridized carbons (Fsp3) is 0.929. The van der Waals surface area contributed by atoms with Gasteiger partial charge in [0.2, 0.25) is 5.91 Å². The van der Waals surface area contributed by atoms with Gasteiger partial charge in [-0.2, -0.15) is 0 Å². The topological polar surface area (TPSA) is 58.4 Å². The highest BCUT2D eigenvalue weighted by atomic mass is 16.2. The average molecular weight is 255 g/mol. The lowest BCUT2D eigenvalue weighted by atomic mass is 9.80. The number of nitrogens with zero attached hydrogens (tertiary/aromatic N) is 1. The molecule has 0 unspecified atom stereocenters. The van der Waals surface area contributed by atoms with Gasteiger partial charge in [-0.25, -0.2) is 0 Å². The Kier molecular flexibility index (Phi) is 4.78. The largest absolute Gasteiger partial charge is 0.354 e. The number of nitrogens with two attached hydrogens (primary N) is 1. The van der Waals surface area contributed by atoms with Gasteiger partial charge >= 0.3 is 0 Å². The molecular formula is C14H29N3O. The Morgan fingerprint density at radius 2 is 1.89 bits per heavy atom. The van der Waals surface area contributed by atoms with Crippen LogP contribution in [0.15, 0.2) is 0 Å². The number of hydrogen-bond donors (Lipinski definition) is 2. The summed E-state index contributed by atoms with van der Waals surface area (Å²) in [4.78, 5) is 14.3. The van der Waals surface area contributed by atoms with Gasteiger partial charge in [0.15, 0.2) is 0 Å². The minimum absolute atomic E-state index is 0.0253. The standard InChI is InChI=1S/C14H29N3O/c1-13(2,3)11(15)12(18)16-10-14(4)6-8-17(5)9-7-14/h11H,6-10,15H2,1-5H3,(H,16,18)/t11-/m0/s1. The maximum absolute atomic E-state index is 12.0. The fourth-order valence-corrected chi connectivity index (χ4v) is 2.14. The normalized spacial score (nSPS) is 22.6. The summed E-state index contributed by atoms with van der Waals surface area (Å²) in [5.74, 6) is -0.0253. The van der Waals surface area contributed by atoms with Gasteiger partial charge in [-0.3, -0.25) is 4.79 Å². The highest BCUT2D eigenvalue weighted by Gasteiger charge is 2.32. The van der Waals surface area contributed by atoms with E-state index in [2.05, 4.69) is 24.2 Å². The Morgan fingerprint density at radius 3 is 2.33 bits per heavy atom. The molecule has 0 radical (unpaired) electrons. The summed E-state index contributed by atoms with van der Waals surface area (Å²) in [6.45, 7) is 11.2. The first kappa shape index (κ1) is 15.4. The molecule has 1 aliphatic rings. The minimum atomic E-state index is -0.438. The third-order valence-electron chi connectivity index (χ3n) is 4.10. The number of carbonyl (C=O) groups is 1. The van der Waals surface area contributed by atoms with E-state index in [1.807, 2.05) is 20.8 Å². The van der Waals surface area contributed by atoms with E-state index in [0.29, 0.717) is 0 Å². The van der Waals surface area contributed by atoms with Crippen LogP contribution in [0.1, 0.15) is 40.5 Å². The zero-order valence-electron chi connectivity index (χ0n) is 12.5. The van der Waals surface area contributed by atoms with Crippen LogP contribution >= 0.6 is 0 Å². The summed E-state index contributed by atoms with van der Waals surface area (Å²) >= 11 is 0. The zero-order valence-corrected chi connectivity index (χ0v) is 12.5. The number of rotatable bonds is 3. The van der Waals surface area contributed by atoms with Gasteiger partial charge in [0.1, 0.15) is 0 Å². The monoisotopic (exact) mass is 255 g/mol. The lowest BCUT2D eigenvalue weighted by Crippen LogP contribution is -2.51. The predicted octanol–water partition coefficient (Wildman–Crippen LogP) is 1.21. The van der Waals surface area contributed by atoms with Crippen LogP contribution in [0.4, 0.5) is 0 Å². The third-order valence-corrected chi connectivity index (χ3v) is 4.10. The molecule has 106 valence electrons. The molecule has 18 heavy (non-hydrogen) atoms. The van der Waals surface area contributed by atoms with Gasteiger partial charge in [-0.15, -0.1) is 0 Å². The van der Waals surface area contributed by atoms with Crippen LogP contribution in [0.3, 0.4) is 0 Å². The second-order valence-corrected chi connectivity index (χ2v) is 7.18. The lowest BCUT2D eigenvalue weighted by Gasteiger charge is -2.38. The molecule has 4 heteroatoms. The zero-order chi connectivity index (χ0) is 14.0. The number of amides is 1. The molecule has 1 atom stereocenters. The Labute approximate surface area is 111 Å². The van der Waals surface area contributed by atoms with Crippen LogP contribution in [0.5, 0.6) is 0 Å². The molecule has 1 aliphatic heterocycles. The van der Waals surface area contributed by atoms with Gasteiger partial charge < -0.3 is 16.0 Å². The van der Waals surface area contributed by atoms with E-state index in [0.717, 1.165) is 32.5 Å². The third kappa shape index (κ3) is 4.25. The Hall–Kier alpha value is -0.610. The second kappa shape index (κ2) is 5.57. The van der Waals surface area contributed by atoms with Crippen molar-refractivity contribution in [2.75, 3.05) is 26.7 Å². The number of nitrogens with one attached hydrogen (secondary N) is 1. The van der Waals surface area contributed by atoms with Crippen molar-refractivity contribution in [1.29, 1.82) is 0 Å². The predicted molar refractivity (Wildman–Crippen MR) is 75.3 cm³/mol. The quantitative estimate of drug-likeness (QED) is 0.797. The number of hydrogen-bond acceptors (Lipinski definition) is 3. The molecule has 1 saturated heterocycles. The van der Waals surface area contributed by atoms with Crippen molar-refractivity contribution in [2.45, 2.75) is 46.6 Å². The molecule has 1 fully saturated rings. The average Bonchev–Trinajstić information content (AvgIpc) is 2.28.